The molecule has 0 spiro atoms. The maximum absolute atomic E-state index is 12.2. The van der Waals surface area contributed by atoms with Crippen LogP contribution >= 0.6 is 0 Å². The zero-order chi connectivity index (χ0) is 16.1. The van der Waals surface area contributed by atoms with Gasteiger partial charge in [-0.1, -0.05) is 6.07 Å². The van der Waals surface area contributed by atoms with Crippen molar-refractivity contribution in [2.24, 2.45) is 0 Å². The van der Waals surface area contributed by atoms with E-state index < -0.39 is 0 Å². The third-order valence-electron chi connectivity index (χ3n) is 3.79. The molecule has 1 atom stereocenters. The predicted molar refractivity (Wildman–Crippen MR) is 84.9 cm³/mol. The van der Waals surface area contributed by atoms with E-state index in [4.69, 9.17) is 4.74 Å². The number of nitrogens with zero attached hydrogens (tertiary/aromatic N) is 2. The molecule has 1 N–H and O–H groups in total. The zero-order valence-corrected chi connectivity index (χ0v) is 13.3. The lowest BCUT2D eigenvalue weighted by Crippen LogP contribution is -2.45. The van der Waals surface area contributed by atoms with Gasteiger partial charge in [0, 0.05) is 25.8 Å². The Morgan fingerprint density at radius 1 is 1.41 bits per heavy atom. The molecule has 120 valence electrons. The van der Waals surface area contributed by atoms with Crippen molar-refractivity contribution in [2.75, 3.05) is 39.6 Å². The van der Waals surface area contributed by atoms with Gasteiger partial charge in [-0.2, -0.15) is 0 Å². The van der Waals surface area contributed by atoms with Crippen molar-refractivity contribution >= 4 is 17.5 Å². The average molecular weight is 305 g/mol. The summed E-state index contributed by atoms with van der Waals surface area (Å²) in [4.78, 5) is 27.8. The highest BCUT2D eigenvalue weighted by Gasteiger charge is 2.32. The van der Waals surface area contributed by atoms with Gasteiger partial charge in [0.1, 0.15) is 5.75 Å². The van der Waals surface area contributed by atoms with E-state index in [0.29, 0.717) is 11.4 Å². The third kappa shape index (κ3) is 3.98. The van der Waals surface area contributed by atoms with Crippen molar-refractivity contribution in [1.82, 2.24) is 9.80 Å². The fraction of sp³-hybridized carbons (Fsp3) is 0.500. The van der Waals surface area contributed by atoms with Gasteiger partial charge in [0.05, 0.1) is 19.7 Å². The molecule has 1 aliphatic heterocycles. The molecule has 6 heteroatoms. The summed E-state index contributed by atoms with van der Waals surface area (Å²) in [5, 5.41) is 2.85. The molecule has 1 aliphatic rings. The number of rotatable bonds is 5. The van der Waals surface area contributed by atoms with Crippen LogP contribution in [0.1, 0.15) is 12.8 Å². The Hall–Kier alpha value is -2.08. The summed E-state index contributed by atoms with van der Waals surface area (Å²) in [5.74, 6) is 0.637. The number of hydrogen-bond acceptors (Lipinski definition) is 4. The normalized spacial score (nSPS) is 18.0. The molecule has 1 aromatic carbocycles. The van der Waals surface area contributed by atoms with Crippen molar-refractivity contribution in [3.05, 3.63) is 24.3 Å². The Morgan fingerprint density at radius 3 is 2.86 bits per heavy atom. The van der Waals surface area contributed by atoms with E-state index in [9.17, 15) is 9.59 Å². The monoisotopic (exact) mass is 305 g/mol. The Balaban J connectivity index is 1.94. The van der Waals surface area contributed by atoms with Gasteiger partial charge >= 0.3 is 0 Å². The van der Waals surface area contributed by atoms with E-state index in [0.717, 1.165) is 19.4 Å². The Morgan fingerprint density at radius 2 is 2.18 bits per heavy atom. The highest BCUT2D eigenvalue weighted by atomic mass is 16.5. The lowest BCUT2D eigenvalue weighted by atomic mass is 10.2. The molecule has 0 saturated carbocycles. The van der Waals surface area contributed by atoms with Crippen LogP contribution in [0.4, 0.5) is 5.69 Å². The molecule has 0 radical (unpaired) electrons. The van der Waals surface area contributed by atoms with Crippen LogP contribution in [-0.2, 0) is 9.59 Å². The Kier molecular flexibility index (Phi) is 5.38. The highest BCUT2D eigenvalue weighted by Crippen LogP contribution is 2.20. The van der Waals surface area contributed by atoms with Crippen LogP contribution < -0.4 is 10.1 Å². The van der Waals surface area contributed by atoms with E-state index in [1.807, 2.05) is 23.1 Å². The molecule has 2 rings (SSSR count). The molecule has 1 aromatic rings. The van der Waals surface area contributed by atoms with Crippen LogP contribution in [-0.4, -0.2) is 62.0 Å². The topological polar surface area (TPSA) is 61.9 Å². The number of anilines is 1. The van der Waals surface area contributed by atoms with E-state index in [1.165, 1.54) is 0 Å². The van der Waals surface area contributed by atoms with Crippen molar-refractivity contribution in [3.63, 3.8) is 0 Å². The van der Waals surface area contributed by atoms with Gasteiger partial charge in [-0.25, -0.2) is 0 Å². The second kappa shape index (κ2) is 7.26. The van der Waals surface area contributed by atoms with Crippen LogP contribution in [0.2, 0.25) is 0 Å². The number of carbonyl (C=O) groups excluding carboxylic acids is 2. The van der Waals surface area contributed by atoms with Crippen molar-refractivity contribution in [3.8, 4) is 5.75 Å². The predicted octanol–water partition coefficient (Wildman–Crippen LogP) is 1.19. The van der Waals surface area contributed by atoms with Crippen molar-refractivity contribution in [1.29, 1.82) is 0 Å². The van der Waals surface area contributed by atoms with Gasteiger partial charge < -0.3 is 15.0 Å². The van der Waals surface area contributed by atoms with Crippen molar-refractivity contribution < 1.29 is 14.3 Å². The first-order valence-corrected chi connectivity index (χ1v) is 7.40. The van der Waals surface area contributed by atoms with Gasteiger partial charge in [-0.05, 0) is 31.5 Å². The SMILES string of the molecule is COc1cccc(NC(=O)CN2CCCC2C(=O)N(C)C)c1. The van der Waals surface area contributed by atoms with Crippen LogP contribution in [0.25, 0.3) is 0 Å². The summed E-state index contributed by atoms with van der Waals surface area (Å²) in [6.07, 6.45) is 1.75. The first-order valence-electron chi connectivity index (χ1n) is 7.40. The summed E-state index contributed by atoms with van der Waals surface area (Å²) in [6, 6.07) is 7.04. The van der Waals surface area contributed by atoms with Gasteiger partial charge in [0.25, 0.3) is 0 Å². The van der Waals surface area contributed by atoms with Gasteiger partial charge in [-0.3, -0.25) is 14.5 Å². The third-order valence-corrected chi connectivity index (χ3v) is 3.79. The fourth-order valence-electron chi connectivity index (χ4n) is 2.68. The quantitative estimate of drug-likeness (QED) is 0.887. The number of likely N-dealkylation sites (tertiary alicyclic amines) is 1. The summed E-state index contributed by atoms with van der Waals surface area (Å²) < 4.78 is 5.13. The van der Waals surface area contributed by atoms with E-state index in [1.54, 1.807) is 32.2 Å². The first kappa shape index (κ1) is 16.3. The van der Waals surface area contributed by atoms with Crippen LogP contribution in [0.3, 0.4) is 0 Å². The zero-order valence-electron chi connectivity index (χ0n) is 13.3. The lowest BCUT2D eigenvalue weighted by Gasteiger charge is -2.25. The van der Waals surface area contributed by atoms with Gasteiger partial charge in [-0.15, -0.1) is 0 Å². The van der Waals surface area contributed by atoms with Crippen LogP contribution in [0.5, 0.6) is 5.75 Å². The minimum Gasteiger partial charge on any atom is -0.497 e. The van der Waals surface area contributed by atoms with Gasteiger partial charge in [0.15, 0.2) is 0 Å². The molecule has 2 amide bonds. The molecule has 22 heavy (non-hydrogen) atoms. The maximum Gasteiger partial charge on any atom is 0.239 e. The fourth-order valence-corrected chi connectivity index (χ4v) is 2.68. The number of amides is 2. The molecule has 6 nitrogen and oxygen atoms in total. The smallest absolute Gasteiger partial charge is 0.239 e. The lowest BCUT2D eigenvalue weighted by molar-refractivity contribution is -0.133. The molecular formula is C16H23N3O3. The summed E-state index contributed by atoms with van der Waals surface area (Å²) >= 11 is 0. The molecule has 0 bridgehead atoms. The second-order valence-electron chi connectivity index (χ2n) is 5.64. The number of methoxy groups -OCH3 is 1. The van der Waals surface area contributed by atoms with E-state index >= 15 is 0 Å². The first-order chi connectivity index (χ1) is 10.5. The number of likely N-dealkylation sites (N-methyl/N-ethyl adjacent to an activating group) is 1. The number of hydrogen-bond donors (Lipinski definition) is 1. The molecule has 1 saturated heterocycles. The van der Waals surface area contributed by atoms with E-state index in [2.05, 4.69) is 5.32 Å². The molecule has 0 aliphatic carbocycles. The minimum absolute atomic E-state index is 0.0617. The largest absolute Gasteiger partial charge is 0.497 e. The summed E-state index contributed by atoms with van der Waals surface area (Å²) in [5.41, 5.74) is 0.694. The number of ether oxygens (including phenoxy) is 1. The standard InChI is InChI=1S/C16H23N3O3/c1-18(2)16(21)14-8-5-9-19(14)11-15(20)17-12-6-4-7-13(10-12)22-3/h4,6-7,10,14H,5,8-9,11H2,1-3H3,(H,17,20). The number of nitrogens with one attached hydrogen (secondary N) is 1. The van der Waals surface area contributed by atoms with Crippen LogP contribution in [0.15, 0.2) is 24.3 Å². The molecule has 1 unspecified atom stereocenters. The number of carbonyl (C=O) groups is 2. The Labute approximate surface area is 131 Å². The second-order valence-corrected chi connectivity index (χ2v) is 5.64. The van der Waals surface area contributed by atoms with Crippen molar-refractivity contribution in [2.45, 2.75) is 18.9 Å². The number of benzene rings is 1. The molecule has 1 fully saturated rings. The molecule has 0 aromatic heterocycles. The van der Waals surface area contributed by atoms with E-state index in [-0.39, 0.29) is 24.4 Å². The Bertz CT molecular complexity index is 545. The molecule has 1 heterocycles. The molecular weight excluding hydrogens is 282 g/mol. The average Bonchev–Trinajstić information content (AvgIpc) is 2.94. The van der Waals surface area contributed by atoms with Crippen LogP contribution in [0, 0.1) is 0 Å². The summed E-state index contributed by atoms with van der Waals surface area (Å²) in [6.45, 7) is 0.997. The summed E-state index contributed by atoms with van der Waals surface area (Å²) in [7, 11) is 5.08. The van der Waals surface area contributed by atoms with Gasteiger partial charge in [0.2, 0.25) is 11.8 Å². The highest BCUT2D eigenvalue weighted by molar-refractivity contribution is 5.93. The maximum atomic E-state index is 12.2. The minimum atomic E-state index is -0.189.